The monoisotopic (exact) mass is 371 g/mol. The maximum atomic E-state index is 10.0. The highest BCUT2D eigenvalue weighted by Crippen LogP contribution is 2.29. The number of rotatable bonds is 9. The van der Waals surface area contributed by atoms with Crippen molar-refractivity contribution in [3.8, 4) is 17.1 Å². The molecular formula is C22H33N3O2. The first-order valence-electron chi connectivity index (χ1n) is 10.2. The summed E-state index contributed by atoms with van der Waals surface area (Å²) in [7, 11) is 0. The van der Waals surface area contributed by atoms with Crippen molar-refractivity contribution in [2.45, 2.75) is 58.1 Å². The van der Waals surface area contributed by atoms with Crippen LogP contribution in [0.2, 0.25) is 0 Å². The van der Waals surface area contributed by atoms with Crippen LogP contribution >= 0.6 is 0 Å². The molecule has 0 bridgehead atoms. The second-order valence-corrected chi connectivity index (χ2v) is 8.11. The van der Waals surface area contributed by atoms with Crippen molar-refractivity contribution in [2.75, 3.05) is 26.2 Å². The predicted octanol–water partition coefficient (Wildman–Crippen LogP) is 3.97. The van der Waals surface area contributed by atoms with Gasteiger partial charge in [0.05, 0.1) is 17.8 Å². The van der Waals surface area contributed by atoms with Crippen molar-refractivity contribution in [1.82, 2.24) is 14.5 Å². The first-order valence-corrected chi connectivity index (χ1v) is 10.2. The minimum atomic E-state index is -0.688. The standard InChI is InChI=1S/C22H33N3O2/c1-22(2,26)11-16-25-17-12-23-21(25)19-9-4-5-10-20(19)27-18-8-15-24-13-6-3-7-14-24/h4-5,9-10,12,17,26H,3,6-8,11,13-16,18H2,1-2H3. The molecule has 5 nitrogen and oxygen atoms in total. The molecule has 1 fully saturated rings. The van der Waals surface area contributed by atoms with Crippen LogP contribution in [0.1, 0.15) is 46.0 Å². The molecule has 3 rings (SSSR count). The summed E-state index contributed by atoms with van der Waals surface area (Å²) in [5.41, 5.74) is 0.322. The smallest absolute Gasteiger partial charge is 0.143 e. The second kappa shape index (κ2) is 9.38. The molecule has 5 heteroatoms. The molecule has 2 aromatic rings. The van der Waals surface area contributed by atoms with Gasteiger partial charge in [-0.25, -0.2) is 4.98 Å². The highest BCUT2D eigenvalue weighted by Gasteiger charge is 2.16. The lowest BCUT2D eigenvalue weighted by Gasteiger charge is -2.26. The quantitative estimate of drug-likeness (QED) is 0.678. The van der Waals surface area contributed by atoms with E-state index in [-0.39, 0.29) is 0 Å². The molecule has 1 aliphatic heterocycles. The second-order valence-electron chi connectivity index (χ2n) is 8.11. The zero-order valence-corrected chi connectivity index (χ0v) is 16.7. The fraction of sp³-hybridized carbons (Fsp3) is 0.591. The maximum Gasteiger partial charge on any atom is 0.143 e. The molecule has 0 saturated carbocycles. The summed E-state index contributed by atoms with van der Waals surface area (Å²) in [6, 6.07) is 8.10. The molecule has 2 heterocycles. The van der Waals surface area contributed by atoms with Gasteiger partial charge >= 0.3 is 0 Å². The van der Waals surface area contributed by atoms with Crippen LogP contribution in [0.5, 0.6) is 5.75 Å². The molecule has 0 aliphatic carbocycles. The van der Waals surface area contributed by atoms with Crippen LogP contribution in [-0.2, 0) is 6.54 Å². The molecule has 0 atom stereocenters. The number of nitrogens with zero attached hydrogens (tertiary/aromatic N) is 3. The Morgan fingerprint density at radius 2 is 1.89 bits per heavy atom. The summed E-state index contributed by atoms with van der Waals surface area (Å²) in [6.07, 6.45) is 9.53. The zero-order chi connectivity index (χ0) is 19.1. The Balaban J connectivity index is 1.60. The van der Waals surface area contributed by atoms with E-state index in [1.54, 1.807) is 0 Å². The van der Waals surface area contributed by atoms with Gasteiger partial charge in [0, 0.05) is 25.5 Å². The van der Waals surface area contributed by atoms with Crippen molar-refractivity contribution in [2.24, 2.45) is 0 Å². The summed E-state index contributed by atoms with van der Waals surface area (Å²) in [5.74, 6) is 1.78. The van der Waals surface area contributed by atoms with Crippen molar-refractivity contribution < 1.29 is 9.84 Å². The van der Waals surface area contributed by atoms with E-state index in [0.717, 1.165) is 43.3 Å². The van der Waals surface area contributed by atoms with Crippen LogP contribution in [0.3, 0.4) is 0 Å². The van der Waals surface area contributed by atoms with Gasteiger partial charge < -0.3 is 19.3 Å². The van der Waals surface area contributed by atoms with Crippen LogP contribution in [0.4, 0.5) is 0 Å². The average molecular weight is 372 g/mol. The summed E-state index contributed by atoms with van der Waals surface area (Å²) in [4.78, 5) is 7.09. The average Bonchev–Trinajstić information content (AvgIpc) is 3.13. The van der Waals surface area contributed by atoms with Gasteiger partial charge in [-0.2, -0.15) is 0 Å². The van der Waals surface area contributed by atoms with E-state index < -0.39 is 5.60 Å². The Hall–Kier alpha value is -1.85. The molecule has 1 saturated heterocycles. The Morgan fingerprint density at radius 3 is 2.67 bits per heavy atom. The lowest BCUT2D eigenvalue weighted by atomic mass is 10.1. The number of imidazole rings is 1. The molecular weight excluding hydrogens is 338 g/mol. The summed E-state index contributed by atoms with van der Waals surface area (Å²) >= 11 is 0. The number of piperidine rings is 1. The minimum Gasteiger partial charge on any atom is -0.493 e. The number of ether oxygens (including phenoxy) is 1. The number of aliphatic hydroxyl groups is 1. The molecule has 0 amide bonds. The lowest BCUT2D eigenvalue weighted by molar-refractivity contribution is 0.0663. The topological polar surface area (TPSA) is 50.5 Å². The lowest BCUT2D eigenvalue weighted by Crippen LogP contribution is -2.31. The fourth-order valence-corrected chi connectivity index (χ4v) is 3.56. The Labute approximate surface area is 163 Å². The van der Waals surface area contributed by atoms with Gasteiger partial charge in [-0.15, -0.1) is 0 Å². The van der Waals surface area contributed by atoms with Crippen LogP contribution < -0.4 is 4.74 Å². The van der Waals surface area contributed by atoms with Gasteiger partial charge in [0.2, 0.25) is 0 Å². The summed E-state index contributed by atoms with van der Waals surface area (Å²) in [6.45, 7) is 8.69. The number of hydrogen-bond acceptors (Lipinski definition) is 4. The van der Waals surface area contributed by atoms with Crippen LogP contribution in [-0.4, -0.2) is 51.4 Å². The van der Waals surface area contributed by atoms with Gasteiger partial charge in [-0.05, 0) is 64.8 Å². The van der Waals surface area contributed by atoms with Crippen LogP contribution in [0.25, 0.3) is 11.4 Å². The minimum absolute atomic E-state index is 0.676. The van der Waals surface area contributed by atoms with Crippen molar-refractivity contribution in [3.63, 3.8) is 0 Å². The summed E-state index contributed by atoms with van der Waals surface area (Å²) < 4.78 is 8.21. The van der Waals surface area contributed by atoms with E-state index >= 15 is 0 Å². The van der Waals surface area contributed by atoms with E-state index in [0.29, 0.717) is 6.42 Å². The molecule has 0 spiro atoms. The van der Waals surface area contributed by atoms with Gasteiger partial charge in [0.1, 0.15) is 11.6 Å². The highest BCUT2D eigenvalue weighted by molar-refractivity contribution is 5.64. The molecule has 1 aliphatic rings. The van der Waals surface area contributed by atoms with E-state index in [2.05, 4.69) is 20.5 Å². The zero-order valence-electron chi connectivity index (χ0n) is 16.7. The fourth-order valence-electron chi connectivity index (χ4n) is 3.56. The van der Waals surface area contributed by atoms with Gasteiger partial charge in [0.15, 0.2) is 0 Å². The predicted molar refractivity (Wildman–Crippen MR) is 109 cm³/mol. The van der Waals surface area contributed by atoms with Gasteiger partial charge in [-0.3, -0.25) is 0 Å². The van der Waals surface area contributed by atoms with Crippen LogP contribution in [0.15, 0.2) is 36.7 Å². The van der Waals surface area contributed by atoms with Crippen LogP contribution in [0, 0.1) is 0 Å². The molecule has 1 aromatic heterocycles. The first-order chi connectivity index (χ1) is 13.0. The molecule has 148 valence electrons. The third-order valence-corrected chi connectivity index (χ3v) is 5.13. The Bertz CT molecular complexity index is 700. The van der Waals surface area contributed by atoms with Gasteiger partial charge in [0.25, 0.3) is 0 Å². The SMILES string of the molecule is CC(C)(O)CCn1ccnc1-c1ccccc1OCCCN1CCCCC1. The van der Waals surface area contributed by atoms with Crippen molar-refractivity contribution in [1.29, 1.82) is 0 Å². The Morgan fingerprint density at radius 1 is 1.11 bits per heavy atom. The number of benzene rings is 1. The molecule has 1 aromatic carbocycles. The molecule has 0 unspecified atom stereocenters. The number of hydrogen-bond donors (Lipinski definition) is 1. The van der Waals surface area contributed by atoms with E-state index in [9.17, 15) is 5.11 Å². The Kier molecular flexibility index (Phi) is 6.91. The molecule has 1 N–H and O–H groups in total. The van der Waals surface area contributed by atoms with E-state index in [1.807, 2.05) is 44.4 Å². The number of aromatic nitrogens is 2. The van der Waals surface area contributed by atoms with E-state index in [1.165, 1.54) is 32.4 Å². The number of likely N-dealkylation sites (tertiary alicyclic amines) is 1. The summed E-state index contributed by atoms with van der Waals surface area (Å²) in [5, 5.41) is 10.0. The third kappa shape index (κ3) is 6.08. The van der Waals surface area contributed by atoms with E-state index in [4.69, 9.17) is 4.74 Å². The molecule has 0 radical (unpaired) electrons. The maximum absolute atomic E-state index is 10.0. The third-order valence-electron chi connectivity index (χ3n) is 5.13. The molecule has 27 heavy (non-hydrogen) atoms. The van der Waals surface area contributed by atoms with Crippen molar-refractivity contribution >= 4 is 0 Å². The first kappa shape index (κ1) is 19.9. The largest absolute Gasteiger partial charge is 0.493 e. The van der Waals surface area contributed by atoms with Gasteiger partial charge in [-0.1, -0.05) is 18.6 Å². The highest BCUT2D eigenvalue weighted by atomic mass is 16.5. The van der Waals surface area contributed by atoms with Crippen molar-refractivity contribution in [3.05, 3.63) is 36.7 Å². The number of para-hydroxylation sites is 1. The normalized spacial score (nSPS) is 15.8. The number of aryl methyl sites for hydroxylation is 1.